The maximum atomic E-state index is 13.1. The summed E-state index contributed by atoms with van der Waals surface area (Å²) in [5, 5.41) is 8.73. The molecule has 0 aliphatic carbocycles. The molecule has 2 amide bonds. The Bertz CT molecular complexity index is 1000. The van der Waals surface area contributed by atoms with Gasteiger partial charge in [0, 0.05) is 24.9 Å². The Kier molecular flexibility index (Phi) is 8.48. The van der Waals surface area contributed by atoms with Gasteiger partial charge in [0.05, 0.1) is 12.5 Å². The predicted molar refractivity (Wildman–Crippen MR) is 130 cm³/mol. The van der Waals surface area contributed by atoms with Crippen molar-refractivity contribution in [2.24, 2.45) is 0 Å². The molecule has 32 heavy (non-hydrogen) atoms. The first-order valence-corrected chi connectivity index (χ1v) is 10.6. The van der Waals surface area contributed by atoms with Gasteiger partial charge in [0.25, 0.3) is 5.91 Å². The van der Waals surface area contributed by atoms with E-state index in [4.69, 9.17) is 17.0 Å². The average molecular weight is 448 g/mol. The summed E-state index contributed by atoms with van der Waals surface area (Å²) in [5.74, 6) is -0.901. The van der Waals surface area contributed by atoms with Crippen molar-refractivity contribution < 1.29 is 14.3 Å². The summed E-state index contributed by atoms with van der Waals surface area (Å²) in [6, 6.07) is 26.0. The SMILES string of the molecule is COCCNC(=O)c1ccc(NC(=S)NC(=O)C(c2ccccc2)c2ccccc2)cc1. The molecule has 3 N–H and O–H groups in total. The first kappa shape index (κ1) is 23.1. The van der Waals surface area contributed by atoms with E-state index < -0.39 is 5.92 Å². The number of thiocarbonyl (C=S) groups is 1. The summed E-state index contributed by atoms with van der Waals surface area (Å²) < 4.78 is 4.92. The maximum Gasteiger partial charge on any atom is 0.251 e. The van der Waals surface area contributed by atoms with Gasteiger partial charge in [-0.3, -0.25) is 9.59 Å². The highest BCUT2D eigenvalue weighted by atomic mass is 32.1. The molecule has 0 aromatic heterocycles. The van der Waals surface area contributed by atoms with Crippen LogP contribution < -0.4 is 16.0 Å². The van der Waals surface area contributed by atoms with E-state index >= 15 is 0 Å². The van der Waals surface area contributed by atoms with E-state index in [0.717, 1.165) is 11.1 Å². The fourth-order valence-corrected chi connectivity index (χ4v) is 3.42. The van der Waals surface area contributed by atoms with Crippen LogP contribution in [0.3, 0.4) is 0 Å². The van der Waals surface area contributed by atoms with Gasteiger partial charge >= 0.3 is 0 Å². The molecule has 0 atom stereocenters. The number of benzene rings is 3. The molecule has 0 aliphatic rings. The van der Waals surface area contributed by atoms with Gasteiger partial charge in [-0.25, -0.2) is 0 Å². The van der Waals surface area contributed by atoms with Gasteiger partial charge in [-0.1, -0.05) is 60.7 Å². The molecule has 3 aromatic rings. The van der Waals surface area contributed by atoms with Crippen LogP contribution in [0.1, 0.15) is 27.4 Å². The van der Waals surface area contributed by atoms with Crippen LogP contribution in [0.2, 0.25) is 0 Å². The minimum absolute atomic E-state index is 0.182. The van der Waals surface area contributed by atoms with Gasteiger partial charge in [-0.15, -0.1) is 0 Å². The molecule has 0 radical (unpaired) electrons. The van der Waals surface area contributed by atoms with Gasteiger partial charge in [0.15, 0.2) is 5.11 Å². The first-order valence-electron chi connectivity index (χ1n) is 10.2. The van der Waals surface area contributed by atoms with Gasteiger partial charge in [0.2, 0.25) is 5.91 Å². The second kappa shape index (κ2) is 11.7. The Morgan fingerprint density at radius 1 is 0.875 bits per heavy atom. The lowest BCUT2D eigenvalue weighted by Crippen LogP contribution is -2.37. The van der Waals surface area contributed by atoms with Crippen molar-refractivity contribution in [1.82, 2.24) is 10.6 Å². The van der Waals surface area contributed by atoms with Gasteiger partial charge < -0.3 is 20.7 Å². The van der Waals surface area contributed by atoms with Crippen molar-refractivity contribution in [3.8, 4) is 0 Å². The zero-order valence-electron chi connectivity index (χ0n) is 17.7. The number of hydrogen-bond acceptors (Lipinski definition) is 4. The van der Waals surface area contributed by atoms with Gasteiger partial charge in [-0.05, 0) is 47.6 Å². The number of hydrogen-bond donors (Lipinski definition) is 3. The number of carbonyl (C=O) groups excluding carboxylic acids is 2. The van der Waals surface area contributed by atoms with Crippen LogP contribution in [0.25, 0.3) is 0 Å². The smallest absolute Gasteiger partial charge is 0.251 e. The summed E-state index contributed by atoms with van der Waals surface area (Å²) in [4.78, 5) is 25.2. The second-order valence-corrected chi connectivity index (χ2v) is 7.43. The molecular formula is C25H25N3O3S. The van der Waals surface area contributed by atoms with Crippen LogP contribution in [0.4, 0.5) is 5.69 Å². The van der Waals surface area contributed by atoms with Crippen LogP contribution in [-0.4, -0.2) is 37.2 Å². The Morgan fingerprint density at radius 2 is 1.44 bits per heavy atom. The fraction of sp³-hybridized carbons (Fsp3) is 0.160. The lowest BCUT2D eigenvalue weighted by molar-refractivity contribution is -0.120. The van der Waals surface area contributed by atoms with Crippen molar-refractivity contribution in [1.29, 1.82) is 0 Å². The van der Waals surface area contributed by atoms with Crippen molar-refractivity contribution in [2.45, 2.75) is 5.92 Å². The summed E-state index contributed by atoms with van der Waals surface area (Å²) in [7, 11) is 1.58. The lowest BCUT2D eigenvalue weighted by Gasteiger charge is -2.18. The van der Waals surface area contributed by atoms with Crippen molar-refractivity contribution in [3.63, 3.8) is 0 Å². The Labute approximate surface area is 193 Å². The molecule has 0 fully saturated rings. The number of nitrogens with one attached hydrogen (secondary N) is 3. The Morgan fingerprint density at radius 3 is 1.97 bits per heavy atom. The third-order valence-electron chi connectivity index (χ3n) is 4.76. The fourth-order valence-electron chi connectivity index (χ4n) is 3.21. The number of carbonyl (C=O) groups is 2. The van der Waals surface area contributed by atoms with Crippen LogP contribution in [0, 0.1) is 0 Å². The van der Waals surface area contributed by atoms with E-state index in [9.17, 15) is 9.59 Å². The molecule has 0 saturated carbocycles. The quantitative estimate of drug-likeness (QED) is 0.362. The molecule has 6 nitrogen and oxygen atoms in total. The molecule has 0 unspecified atom stereocenters. The summed E-state index contributed by atoms with van der Waals surface area (Å²) >= 11 is 5.35. The molecule has 7 heteroatoms. The van der Waals surface area contributed by atoms with E-state index in [1.807, 2.05) is 60.7 Å². The third kappa shape index (κ3) is 6.47. The van der Waals surface area contributed by atoms with Crippen LogP contribution in [0.15, 0.2) is 84.9 Å². The van der Waals surface area contributed by atoms with Gasteiger partial charge in [-0.2, -0.15) is 0 Å². The van der Waals surface area contributed by atoms with E-state index in [2.05, 4.69) is 16.0 Å². The molecule has 0 saturated heterocycles. The van der Waals surface area contributed by atoms with Crippen LogP contribution in [-0.2, 0) is 9.53 Å². The summed E-state index contributed by atoms with van der Waals surface area (Å²) in [6.07, 6.45) is 0. The number of methoxy groups -OCH3 is 1. The van der Waals surface area contributed by atoms with Crippen LogP contribution >= 0.6 is 12.2 Å². The molecule has 164 valence electrons. The van der Waals surface area contributed by atoms with E-state index in [0.29, 0.717) is 24.4 Å². The molecule has 3 rings (SSSR count). The lowest BCUT2D eigenvalue weighted by atomic mass is 9.90. The highest BCUT2D eigenvalue weighted by Gasteiger charge is 2.23. The predicted octanol–water partition coefficient (Wildman–Crippen LogP) is 3.71. The van der Waals surface area contributed by atoms with E-state index in [1.165, 1.54) is 0 Å². The highest BCUT2D eigenvalue weighted by Crippen LogP contribution is 2.24. The number of rotatable bonds is 8. The molecule has 3 aromatic carbocycles. The van der Waals surface area contributed by atoms with E-state index in [-0.39, 0.29) is 16.9 Å². The van der Waals surface area contributed by atoms with Crippen molar-refractivity contribution in [2.75, 3.05) is 25.6 Å². The standard InChI is InChI=1S/C25H25N3O3S/c1-31-17-16-26-23(29)20-12-14-21(15-13-20)27-25(32)28-24(30)22(18-8-4-2-5-9-18)19-10-6-3-7-11-19/h2-15,22H,16-17H2,1H3,(H,26,29)(H2,27,28,30,32). The van der Waals surface area contributed by atoms with Gasteiger partial charge in [0.1, 0.15) is 0 Å². The Balaban J connectivity index is 1.64. The summed E-state index contributed by atoms with van der Waals surface area (Å²) in [6.45, 7) is 0.891. The average Bonchev–Trinajstić information content (AvgIpc) is 2.81. The van der Waals surface area contributed by atoms with Crippen molar-refractivity contribution in [3.05, 3.63) is 102 Å². The zero-order chi connectivity index (χ0) is 22.8. The topological polar surface area (TPSA) is 79.5 Å². The number of ether oxygens (including phenoxy) is 1. The third-order valence-corrected chi connectivity index (χ3v) is 4.97. The monoisotopic (exact) mass is 447 g/mol. The maximum absolute atomic E-state index is 13.1. The summed E-state index contributed by atoms with van der Waals surface area (Å²) in [5.41, 5.74) is 2.94. The van der Waals surface area contributed by atoms with Crippen molar-refractivity contribution >= 4 is 34.8 Å². The number of anilines is 1. The molecule has 0 heterocycles. The van der Waals surface area contributed by atoms with Crippen LogP contribution in [0.5, 0.6) is 0 Å². The Hall–Kier alpha value is -3.55. The normalized spacial score (nSPS) is 10.4. The minimum Gasteiger partial charge on any atom is -0.383 e. The van der Waals surface area contributed by atoms with E-state index in [1.54, 1.807) is 31.4 Å². The number of amides is 2. The highest BCUT2D eigenvalue weighted by molar-refractivity contribution is 7.80. The molecule has 0 spiro atoms. The molecular weight excluding hydrogens is 422 g/mol. The second-order valence-electron chi connectivity index (χ2n) is 7.02. The molecule has 0 aliphatic heterocycles. The minimum atomic E-state index is -0.490. The molecule has 0 bridgehead atoms. The first-order chi connectivity index (χ1) is 15.6. The largest absolute Gasteiger partial charge is 0.383 e. The zero-order valence-corrected chi connectivity index (χ0v) is 18.5.